The van der Waals surface area contributed by atoms with Gasteiger partial charge in [0.05, 0.1) is 18.4 Å². The fraction of sp³-hybridized carbons (Fsp3) is 0.412. The lowest BCUT2D eigenvalue weighted by atomic mass is 10.1. The Kier molecular flexibility index (Phi) is 6.97. The molecular formula is C17H20ClN5O3S2. The van der Waals surface area contributed by atoms with Crippen molar-refractivity contribution >= 4 is 51.6 Å². The van der Waals surface area contributed by atoms with Crippen molar-refractivity contribution in [3.63, 3.8) is 0 Å². The van der Waals surface area contributed by atoms with Gasteiger partial charge in [0, 0.05) is 38.2 Å². The molecule has 1 fully saturated rings. The monoisotopic (exact) mass is 441 g/mol. The Bertz CT molecular complexity index is 855. The van der Waals surface area contributed by atoms with Crippen LogP contribution >= 0.6 is 34.7 Å². The predicted octanol–water partition coefficient (Wildman–Crippen LogP) is 2.00. The molecule has 2 heterocycles. The number of hydrogen-bond donors (Lipinski definition) is 1. The number of amides is 2. The van der Waals surface area contributed by atoms with Gasteiger partial charge in [0.2, 0.25) is 11.0 Å². The molecule has 0 unspecified atom stereocenters. The van der Waals surface area contributed by atoms with Crippen LogP contribution in [0, 0.1) is 0 Å². The molecule has 1 aliphatic heterocycles. The van der Waals surface area contributed by atoms with Crippen molar-refractivity contribution in [1.29, 1.82) is 0 Å². The summed E-state index contributed by atoms with van der Waals surface area (Å²) in [5.74, 6) is 0.677. The molecule has 11 heteroatoms. The molecule has 8 nitrogen and oxygen atoms in total. The highest BCUT2D eigenvalue weighted by Crippen LogP contribution is 2.29. The first kappa shape index (κ1) is 20.7. The van der Waals surface area contributed by atoms with E-state index >= 15 is 0 Å². The Hall–Kier alpha value is -2.04. The summed E-state index contributed by atoms with van der Waals surface area (Å²) in [6.07, 6.45) is 0. The molecule has 1 aromatic carbocycles. The molecule has 0 spiro atoms. The van der Waals surface area contributed by atoms with Crippen LogP contribution in [-0.4, -0.2) is 73.0 Å². The van der Waals surface area contributed by atoms with Gasteiger partial charge >= 0.3 is 0 Å². The number of methoxy groups -OCH3 is 1. The van der Waals surface area contributed by atoms with Gasteiger partial charge in [-0.25, -0.2) is 0 Å². The van der Waals surface area contributed by atoms with E-state index in [1.165, 1.54) is 30.2 Å². The average molecular weight is 442 g/mol. The van der Waals surface area contributed by atoms with Gasteiger partial charge in [-0.3, -0.25) is 9.59 Å². The Morgan fingerprint density at radius 1 is 1.29 bits per heavy atom. The molecule has 0 aliphatic carbocycles. The number of aromatic nitrogens is 2. The van der Waals surface area contributed by atoms with Gasteiger partial charge < -0.3 is 19.9 Å². The van der Waals surface area contributed by atoms with E-state index in [4.69, 9.17) is 16.3 Å². The maximum atomic E-state index is 12.9. The summed E-state index contributed by atoms with van der Waals surface area (Å²) >= 11 is 8.85. The third-order valence-electron chi connectivity index (χ3n) is 4.23. The number of halogens is 1. The van der Waals surface area contributed by atoms with Crippen LogP contribution in [0.15, 0.2) is 22.5 Å². The summed E-state index contributed by atoms with van der Waals surface area (Å²) in [6.45, 7) is 2.44. The number of carbonyl (C=O) groups is 2. The van der Waals surface area contributed by atoms with Crippen LogP contribution in [0.2, 0.25) is 5.02 Å². The van der Waals surface area contributed by atoms with Crippen molar-refractivity contribution in [2.75, 3.05) is 51.0 Å². The second-order valence-corrected chi connectivity index (χ2v) is 8.55. The minimum Gasteiger partial charge on any atom is -0.496 e. The molecular weight excluding hydrogens is 422 g/mol. The lowest BCUT2D eigenvalue weighted by Crippen LogP contribution is -2.48. The van der Waals surface area contributed by atoms with Gasteiger partial charge in [0.1, 0.15) is 5.75 Å². The first-order valence-electron chi connectivity index (χ1n) is 8.56. The second kappa shape index (κ2) is 9.44. The predicted molar refractivity (Wildman–Crippen MR) is 111 cm³/mol. The molecule has 1 aliphatic rings. The molecule has 2 aromatic rings. The highest BCUT2D eigenvalue weighted by molar-refractivity contribution is 8.01. The number of benzene rings is 1. The van der Waals surface area contributed by atoms with Crippen molar-refractivity contribution in [3.05, 3.63) is 28.8 Å². The van der Waals surface area contributed by atoms with Crippen LogP contribution in [0.4, 0.5) is 5.13 Å². The maximum Gasteiger partial charge on any atom is 0.257 e. The number of anilines is 1. The van der Waals surface area contributed by atoms with Crippen molar-refractivity contribution in [2.24, 2.45) is 0 Å². The summed E-state index contributed by atoms with van der Waals surface area (Å²) in [4.78, 5) is 28.1. The molecule has 1 N–H and O–H groups in total. The molecule has 0 bridgehead atoms. The normalized spacial score (nSPS) is 14.1. The molecule has 3 rings (SSSR count). The minimum absolute atomic E-state index is 0.0506. The Morgan fingerprint density at radius 2 is 2.04 bits per heavy atom. The van der Waals surface area contributed by atoms with E-state index in [2.05, 4.69) is 20.4 Å². The highest BCUT2D eigenvalue weighted by atomic mass is 35.5. The molecule has 0 atom stereocenters. The first-order chi connectivity index (χ1) is 13.5. The largest absolute Gasteiger partial charge is 0.496 e. The average Bonchev–Trinajstić information content (AvgIpc) is 3.20. The molecule has 1 aromatic heterocycles. The van der Waals surface area contributed by atoms with Crippen molar-refractivity contribution in [2.45, 2.75) is 4.34 Å². The van der Waals surface area contributed by atoms with E-state index in [-0.39, 0.29) is 11.8 Å². The molecule has 150 valence electrons. The Labute approximate surface area is 176 Å². The smallest absolute Gasteiger partial charge is 0.257 e. The van der Waals surface area contributed by atoms with E-state index in [1.54, 1.807) is 30.1 Å². The maximum absolute atomic E-state index is 12.9. The first-order valence-corrected chi connectivity index (χ1v) is 10.7. The zero-order valence-electron chi connectivity index (χ0n) is 15.5. The number of piperazine rings is 1. The number of ether oxygens (including phenoxy) is 1. The van der Waals surface area contributed by atoms with Crippen LogP contribution in [0.1, 0.15) is 10.4 Å². The van der Waals surface area contributed by atoms with Crippen molar-refractivity contribution < 1.29 is 14.3 Å². The zero-order valence-corrected chi connectivity index (χ0v) is 17.9. The van der Waals surface area contributed by atoms with E-state index in [0.29, 0.717) is 48.3 Å². The lowest BCUT2D eigenvalue weighted by molar-refractivity contribution is -0.118. The van der Waals surface area contributed by atoms with Crippen LogP contribution in [0.5, 0.6) is 5.75 Å². The molecule has 1 saturated heterocycles. The van der Waals surface area contributed by atoms with Crippen LogP contribution < -0.4 is 15.0 Å². The third-order valence-corrected chi connectivity index (χ3v) is 6.58. The minimum atomic E-state index is -0.0990. The highest BCUT2D eigenvalue weighted by Gasteiger charge is 2.26. The van der Waals surface area contributed by atoms with Gasteiger partial charge in [-0.05, 0) is 18.2 Å². The number of nitrogens with one attached hydrogen (secondary N) is 1. The third kappa shape index (κ3) is 4.86. The SMILES string of the molecule is CNC(=O)CSc1nnc(N2CCN(C(=O)c3cc(Cl)ccc3OC)CC2)s1. The Balaban J connectivity index is 1.59. The van der Waals surface area contributed by atoms with Gasteiger partial charge in [-0.1, -0.05) is 34.7 Å². The summed E-state index contributed by atoms with van der Waals surface area (Å²) < 4.78 is 6.04. The van der Waals surface area contributed by atoms with Gasteiger partial charge in [-0.2, -0.15) is 0 Å². The van der Waals surface area contributed by atoms with E-state index < -0.39 is 0 Å². The number of carbonyl (C=O) groups excluding carboxylic acids is 2. The summed E-state index contributed by atoms with van der Waals surface area (Å²) in [7, 11) is 3.14. The van der Waals surface area contributed by atoms with Crippen LogP contribution in [0.25, 0.3) is 0 Å². The quantitative estimate of drug-likeness (QED) is 0.686. The van der Waals surface area contributed by atoms with Crippen LogP contribution in [-0.2, 0) is 4.79 Å². The lowest BCUT2D eigenvalue weighted by Gasteiger charge is -2.34. The van der Waals surface area contributed by atoms with Gasteiger partial charge in [0.25, 0.3) is 5.91 Å². The summed E-state index contributed by atoms with van der Waals surface area (Å²) in [5, 5.41) is 12.2. The fourth-order valence-electron chi connectivity index (χ4n) is 2.71. The molecule has 0 radical (unpaired) electrons. The second-order valence-electron chi connectivity index (χ2n) is 5.94. The van der Waals surface area contributed by atoms with E-state index in [0.717, 1.165) is 9.47 Å². The van der Waals surface area contributed by atoms with Gasteiger partial charge in [-0.15, -0.1) is 10.2 Å². The fourth-order valence-corrected chi connectivity index (χ4v) is 4.64. The van der Waals surface area contributed by atoms with Crippen molar-refractivity contribution in [1.82, 2.24) is 20.4 Å². The zero-order chi connectivity index (χ0) is 20.1. The van der Waals surface area contributed by atoms with Gasteiger partial charge in [0.15, 0.2) is 4.34 Å². The number of rotatable bonds is 6. The van der Waals surface area contributed by atoms with Crippen LogP contribution in [0.3, 0.4) is 0 Å². The summed E-state index contributed by atoms with van der Waals surface area (Å²) in [6, 6.07) is 5.03. The van der Waals surface area contributed by atoms with Crippen molar-refractivity contribution in [3.8, 4) is 5.75 Å². The van der Waals surface area contributed by atoms with E-state index in [1.807, 2.05) is 0 Å². The molecule has 28 heavy (non-hydrogen) atoms. The molecule has 0 saturated carbocycles. The summed E-state index contributed by atoms with van der Waals surface area (Å²) in [5.41, 5.74) is 0.465. The number of hydrogen-bond acceptors (Lipinski definition) is 8. The topological polar surface area (TPSA) is 87.7 Å². The molecule has 2 amide bonds. The standard InChI is InChI=1S/C17H20ClN5O3S2/c1-19-14(24)10-27-17-21-20-16(28-17)23-7-5-22(6-8-23)15(25)12-9-11(18)3-4-13(12)26-2/h3-4,9H,5-8,10H2,1-2H3,(H,19,24). The van der Waals surface area contributed by atoms with E-state index in [9.17, 15) is 9.59 Å². The Morgan fingerprint density at radius 3 is 2.71 bits per heavy atom. The number of nitrogens with zero attached hydrogens (tertiary/aromatic N) is 4. The number of thioether (sulfide) groups is 1.